The second-order valence-electron chi connectivity index (χ2n) is 4.17. The van der Waals surface area contributed by atoms with Crippen molar-refractivity contribution in [2.45, 2.75) is 25.9 Å². The number of hydrogen-bond acceptors (Lipinski definition) is 5. The number of aliphatic hydroxyl groups is 1. The van der Waals surface area contributed by atoms with Crippen LogP contribution in [0.1, 0.15) is 28.2 Å². The van der Waals surface area contributed by atoms with Crippen molar-refractivity contribution in [3.63, 3.8) is 0 Å². The Kier molecular flexibility index (Phi) is 3.11. The number of aromatic nitrogens is 1. The molecule has 1 aliphatic carbocycles. The monoisotopic (exact) mass is 241 g/mol. The zero-order valence-electron chi connectivity index (χ0n) is 9.06. The van der Waals surface area contributed by atoms with Crippen LogP contribution < -0.4 is 11.1 Å². The Hall–Kier alpha value is -1.14. The minimum absolute atomic E-state index is 0.118. The molecule has 0 unspecified atom stereocenters. The molecule has 1 aromatic rings. The lowest BCUT2D eigenvalue weighted by atomic mass is 9.82. The van der Waals surface area contributed by atoms with Crippen molar-refractivity contribution in [2.75, 3.05) is 12.3 Å². The fraction of sp³-hybridized carbons (Fsp3) is 0.600. The minimum Gasteiger partial charge on any atom is -0.393 e. The first-order valence-corrected chi connectivity index (χ1v) is 6.07. The van der Waals surface area contributed by atoms with E-state index in [1.54, 1.807) is 6.92 Å². The first-order valence-electron chi connectivity index (χ1n) is 5.25. The quantitative estimate of drug-likeness (QED) is 0.720. The topological polar surface area (TPSA) is 88.2 Å². The van der Waals surface area contributed by atoms with Crippen LogP contribution in [0.25, 0.3) is 0 Å². The maximum absolute atomic E-state index is 11.7. The third-order valence-electron chi connectivity index (χ3n) is 2.78. The second-order valence-corrected chi connectivity index (χ2v) is 5.20. The number of carbonyl (C=O) groups is 1. The number of nitrogens with two attached hydrogens (primary N) is 1. The molecule has 0 radical (unpaired) electrons. The van der Waals surface area contributed by atoms with Crippen LogP contribution in [0.2, 0.25) is 0 Å². The lowest BCUT2D eigenvalue weighted by molar-refractivity contribution is 0.0420. The van der Waals surface area contributed by atoms with E-state index in [4.69, 9.17) is 10.8 Å². The molecule has 1 amide bonds. The van der Waals surface area contributed by atoms with Gasteiger partial charge in [-0.1, -0.05) is 11.3 Å². The highest BCUT2D eigenvalue weighted by Crippen LogP contribution is 2.26. The fourth-order valence-corrected chi connectivity index (χ4v) is 2.56. The van der Waals surface area contributed by atoms with Gasteiger partial charge in [0.2, 0.25) is 0 Å². The number of nitrogen functional groups attached to an aromatic ring is 1. The maximum Gasteiger partial charge on any atom is 0.263 e. The Morgan fingerprint density at radius 1 is 1.69 bits per heavy atom. The SMILES string of the molecule is Cc1nc(N)sc1C(=O)NCC1CC(O)C1. The number of rotatable bonds is 3. The lowest BCUT2D eigenvalue weighted by Crippen LogP contribution is -2.38. The number of nitrogens with zero attached hydrogens (tertiary/aromatic N) is 1. The van der Waals surface area contributed by atoms with E-state index in [2.05, 4.69) is 10.3 Å². The Balaban J connectivity index is 1.86. The molecule has 16 heavy (non-hydrogen) atoms. The van der Waals surface area contributed by atoms with Crippen LogP contribution in [0, 0.1) is 12.8 Å². The number of thiazole rings is 1. The largest absolute Gasteiger partial charge is 0.393 e. The molecular weight excluding hydrogens is 226 g/mol. The van der Waals surface area contributed by atoms with Gasteiger partial charge in [-0.15, -0.1) is 0 Å². The molecule has 0 atom stereocenters. The molecule has 1 saturated carbocycles. The van der Waals surface area contributed by atoms with Crippen molar-refractivity contribution in [1.29, 1.82) is 0 Å². The average Bonchev–Trinajstić information content (AvgIpc) is 2.50. The van der Waals surface area contributed by atoms with Gasteiger partial charge in [-0.2, -0.15) is 0 Å². The second kappa shape index (κ2) is 4.39. The predicted octanol–water partition coefficient (Wildman–Crippen LogP) is 0.534. The van der Waals surface area contributed by atoms with Crippen LogP contribution in [0.3, 0.4) is 0 Å². The number of aryl methyl sites for hydroxylation is 1. The number of carbonyl (C=O) groups excluding carboxylic acids is 1. The molecule has 88 valence electrons. The van der Waals surface area contributed by atoms with Crippen molar-refractivity contribution < 1.29 is 9.90 Å². The Morgan fingerprint density at radius 2 is 2.38 bits per heavy atom. The molecular formula is C10H15N3O2S. The third-order valence-corrected chi connectivity index (χ3v) is 3.77. The van der Waals surface area contributed by atoms with E-state index in [1.807, 2.05) is 0 Å². The van der Waals surface area contributed by atoms with Gasteiger partial charge in [-0.25, -0.2) is 4.98 Å². The van der Waals surface area contributed by atoms with Crippen LogP contribution in [-0.4, -0.2) is 28.6 Å². The normalized spacial score (nSPS) is 23.9. The third kappa shape index (κ3) is 2.33. The van der Waals surface area contributed by atoms with Gasteiger partial charge in [0.1, 0.15) is 4.88 Å². The van der Waals surface area contributed by atoms with Crippen molar-refractivity contribution in [3.8, 4) is 0 Å². The summed E-state index contributed by atoms with van der Waals surface area (Å²) in [6, 6.07) is 0. The zero-order valence-corrected chi connectivity index (χ0v) is 9.88. The molecule has 0 aliphatic heterocycles. The summed E-state index contributed by atoms with van der Waals surface area (Å²) in [5.41, 5.74) is 6.20. The van der Waals surface area contributed by atoms with Gasteiger partial charge in [0.05, 0.1) is 11.8 Å². The first-order chi connectivity index (χ1) is 7.56. The molecule has 0 aromatic carbocycles. The van der Waals surface area contributed by atoms with Gasteiger partial charge in [0.25, 0.3) is 5.91 Å². The summed E-state index contributed by atoms with van der Waals surface area (Å²) in [5.74, 6) is 0.289. The van der Waals surface area contributed by atoms with Crippen molar-refractivity contribution in [2.24, 2.45) is 5.92 Å². The highest BCUT2D eigenvalue weighted by molar-refractivity contribution is 7.17. The van der Waals surface area contributed by atoms with Gasteiger partial charge >= 0.3 is 0 Å². The Morgan fingerprint density at radius 3 is 2.88 bits per heavy atom. The highest BCUT2D eigenvalue weighted by Gasteiger charge is 2.27. The molecule has 1 heterocycles. The number of hydrogen-bond donors (Lipinski definition) is 3. The Labute approximate surface area is 97.7 Å². The standard InChI is InChI=1S/C10H15N3O2S/c1-5-8(16-10(11)13-5)9(15)12-4-6-2-7(14)3-6/h6-7,14H,2-4H2,1H3,(H2,11,13)(H,12,15). The van der Waals surface area contributed by atoms with Crippen molar-refractivity contribution in [1.82, 2.24) is 10.3 Å². The first kappa shape index (κ1) is 11.3. The smallest absolute Gasteiger partial charge is 0.263 e. The summed E-state index contributed by atoms with van der Waals surface area (Å²) in [7, 11) is 0. The number of aliphatic hydroxyl groups excluding tert-OH is 1. The summed E-state index contributed by atoms with van der Waals surface area (Å²) in [6.45, 7) is 2.39. The summed E-state index contributed by atoms with van der Waals surface area (Å²) in [6.07, 6.45) is 1.39. The molecule has 0 spiro atoms. The summed E-state index contributed by atoms with van der Waals surface area (Å²) < 4.78 is 0. The minimum atomic E-state index is -0.178. The van der Waals surface area contributed by atoms with Crippen LogP contribution in [0.15, 0.2) is 0 Å². The molecule has 0 bridgehead atoms. The van der Waals surface area contributed by atoms with E-state index in [1.165, 1.54) is 11.3 Å². The van der Waals surface area contributed by atoms with E-state index < -0.39 is 0 Å². The van der Waals surface area contributed by atoms with E-state index >= 15 is 0 Å². The lowest BCUT2D eigenvalue weighted by Gasteiger charge is -2.31. The molecule has 0 saturated heterocycles. The van der Waals surface area contributed by atoms with E-state index in [9.17, 15) is 4.79 Å². The molecule has 4 N–H and O–H groups in total. The molecule has 5 nitrogen and oxygen atoms in total. The summed E-state index contributed by atoms with van der Waals surface area (Å²) in [4.78, 5) is 16.3. The number of anilines is 1. The van der Waals surface area contributed by atoms with E-state index in [0.29, 0.717) is 28.2 Å². The molecule has 6 heteroatoms. The van der Waals surface area contributed by atoms with Crippen LogP contribution in [0.5, 0.6) is 0 Å². The van der Waals surface area contributed by atoms with Gasteiger partial charge in [-0.3, -0.25) is 4.79 Å². The van der Waals surface area contributed by atoms with E-state index in [0.717, 1.165) is 12.8 Å². The van der Waals surface area contributed by atoms with Gasteiger partial charge in [0.15, 0.2) is 5.13 Å². The van der Waals surface area contributed by atoms with Gasteiger partial charge < -0.3 is 16.2 Å². The highest BCUT2D eigenvalue weighted by atomic mass is 32.1. The molecule has 1 aromatic heterocycles. The number of amides is 1. The Bertz CT molecular complexity index is 399. The predicted molar refractivity (Wildman–Crippen MR) is 62.3 cm³/mol. The van der Waals surface area contributed by atoms with Crippen LogP contribution in [-0.2, 0) is 0 Å². The van der Waals surface area contributed by atoms with E-state index in [-0.39, 0.29) is 12.0 Å². The summed E-state index contributed by atoms with van der Waals surface area (Å²) in [5, 5.41) is 12.4. The molecule has 1 aliphatic rings. The molecule has 2 rings (SSSR count). The van der Waals surface area contributed by atoms with Gasteiger partial charge in [0, 0.05) is 6.54 Å². The summed E-state index contributed by atoms with van der Waals surface area (Å²) >= 11 is 1.21. The van der Waals surface area contributed by atoms with Gasteiger partial charge in [-0.05, 0) is 25.7 Å². The molecule has 1 fully saturated rings. The fourth-order valence-electron chi connectivity index (χ4n) is 1.81. The van der Waals surface area contributed by atoms with Crippen LogP contribution in [0.4, 0.5) is 5.13 Å². The maximum atomic E-state index is 11.7. The van der Waals surface area contributed by atoms with Crippen molar-refractivity contribution in [3.05, 3.63) is 10.6 Å². The number of nitrogens with one attached hydrogen (secondary N) is 1. The zero-order chi connectivity index (χ0) is 11.7. The average molecular weight is 241 g/mol. The van der Waals surface area contributed by atoms with Crippen molar-refractivity contribution >= 4 is 22.4 Å². The van der Waals surface area contributed by atoms with Crippen LogP contribution >= 0.6 is 11.3 Å².